The van der Waals surface area contributed by atoms with Crippen LogP contribution in [0.4, 0.5) is 0 Å². The summed E-state index contributed by atoms with van der Waals surface area (Å²) < 4.78 is 0. The van der Waals surface area contributed by atoms with E-state index >= 15 is 0 Å². The van der Waals surface area contributed by atoms with Gasteiger partial charge in [-0.2, -0.15) is 0 Å². The number of hydrogen-bond acceptors (Lipinski definition) is 2. The van der Waals surface area contributed by atoms with Crippen LogP contribution in [-0.2, 0) is 0 Å². The molecule has 0 bridgehead atoms. The largest absolute Gasteiger partial charge is 0.350 e. The highest BCUT2D eigenvalue weighted by atomic mass is 16.2. The zero-order chi connectivity index (χ0) is 15.1. The van der Waals surface area contributed by atoms with E-state index in [0.717, 1.165) is 0 Å². The van der Waals surface area contributed by atoms with Crippen molar-refractivity contribution in [2.24, 2.45) is 0 Å². The van der Waals surface area contributed by atoms with Crippen molar-refractivity contribution >= 4 is 11.8 Å². The lowest BCUT2D eigenvalue weighted by Crippen LogP contribution is -2.41. The van der Waals surface area contributed by atoms with Crippen LogP contribution in [0.5, 0.6) is 0 Å². The van der Waals surface area contributed by atoms with Gasteiger partial charge in [0.15, 0.2) is 0 Å². The van der Waals surface area contributed by atoms with Crippen LogP contribution >= 0.6 is 0 Å². The van der Waals surface area contributed by atoms with Gasteiger partial charge in [0.2, 0.25) is 0 Å². The third kappa shape index (κ3) is 4.45. The number of rotatable bonds is 5. The molecule has 0 fully saturated rings. The highest BCUT2D eigenvalue weighted by molar-refractivity contribution is 5.95. The highest BCUT2D eigenvalue weighted by Crippen LogP contribution is 2.00. The second-order valence-corrected chi connectivity index (χ2v) is 4.82. The van der Waals surface area contributed by atoms with E-state index in [4.69, 9.17) is 0 Å². The smallest absolute Gasteiger partial charge is 0.251 e. The van der Waals surface area contributed by atoms with Gasteiger partial charge in [-0.05, 0) is 31.2 Å². The molecular formula is C17H18N2O2. The maximum atomic E-state index is 11.9. The van der Waals surface area contributed by atoms with Gasteiger partial charge in [-0.15, -0.1) is 0 Å². The van der Waals surface area contributed by atoms with Crippen molar-refractivity contribution in [3.63, 3.8) is 0 Å². The molecule has 0 aliphatic heterocycles. The Labute approximate surface area is 124 Å². The fraction of sp³-hybridized carbons (Fsp3) is 0.176. The van der Waals surface area contributed by atoms with Crippen LogP contribution in [0.25, 0.3) is 0 Å². The molecule has 2 aromatic carbocycles. The van der Waals surface area contributed by atoms with Gasteiger partial charge in [0.25, 0.3) is 11.8 Å². The van der Waals surface area contributed by atoms with E-state index < -0.39 is 0 Å². The quantitative estimate of drug-likeness (QED) is 0.883. The highest BCUT2D eigenvalue weighted by Gasteiger charge is 2.11. The number of hydrogen-bond donors (Lipinski definition) is 2. The average Bonchev–Trinajstić information content (AvgIpc) is 2.54. The Kier molecular flexibility index (Phi) is 5.10. The molecule has 2 amide bonds. The third-order valence-electron chi connectivity index (χ3n) is 3.02. The molecule has 0 saturated heterocycles. The first-order chi connectivity index (χ1) is 10.2. The fourth-order valence-corrected chi connectivity index (χ4v) is 1.89. The Morgan fingerprint density at radius 1 is 0.857 bits per heavy atom. The number of amides is 2. The lowest BCUT2D eigenvalue weighted by atomic mass is 10.2. The number of benzene rings is 2. The van der Waals surface area contributed by atoms with Crippen LogP contribution in [0.3, 0.4) is 0 Å². The first kappa shape index (κ1) is 14.8. The summed E-state index contributed by atoms with van der Waals surface area (Å²) in [6.07, 6.45) is 0. The lowest BCUT2D eigenvalue weighted by Gasteiger charge is -2.15. The monoisotopic (exact) mass is 282 g/mol. The molecule has 1 atom stereocenters. The lowest BCUT2D eigenvalue weighted by molar-refractivity contribution is 0.0912. The van der Waals surface area contributed by atoms with Crippen LogP contribution in [-0.4, -0.2) is 24.4 Å². The zero-order valence-corrected chi connectivity index (χ0v) is 11.9. The van der Waals surface area contributed by atoms with E-state index in [0.29, 0.717) is 17.7 Å². The summed E-state index contributed by atoms with van der Waals surface area (Å²) in [5.74, 6) is -0.284. The number of nitrogens with one attached hydrogen (secondary N) is 2. The summed E-state index contributed by atoms with van der Waals surface area (Å²) in [6.45, 7) is 2.23. The van der Waals surface area contributed by atoms with E-state index in [2.05, 4.69) is 10.6 Å². The second kappa shape index (κ2) is 7.24. The Morgan fingerprint density at radius 2 is 1.33 bits per heavy atom. The Morgan fingerprint density at radius 3 is 1.86 bits per heavy atom. The third-order valence-corrected chi connectivity index (χ3v) is 3.02. The van der Waals surface area contributed by atoms with Crippen molar-refractivity contribution in [3.8, 4) is 0 Å². The summed E-state index contributed by atoms with van der Waals surface area (Å²) in [6, 6.07) is 17.9. The molecule has 108 valence electrons. The van der Waals surface area contributed by atoms with Gasteiger partial charge in [0.05, 0.1) is 0 Å². The Hall–Kier alpha value is -2.62. The normalized spacial score (nSPS) is 11.5. The summed E-state index contributed by atoms with van der Waals surface area (Å²) in [5.41, 5.74) is 1.22. The molecule has 2 N–H and O–H groups in total. The van der Waals surface area contributed by atoms with Crippen molar-refractivity contribution in [2.45, 2.75) is 13.0 Å². The summed E-state index contributed by atoms with van der Waals surface area (Å²) >= 11 is 0. The summed E-state index contributed by atoms with van der Waals surface area (Å²) in [4.78, 5) is 23.8. The summed E-state index contributed by atoms with van der Waals surface area (Å²) in [5, 5.41) is 5.65. The maximum Gasteiger partial charge on any atom is 0.251 e. The van der Waals surface area contributed by atoms with E-state index in [-0.39, 0.29) is 17.9 Å². The Bertz CT molecular complexity index is 597. The van der Waals surface area contributed by atoms with Crippen molar-refractivity contribution in [3.05, 3.63) is 71.8 Å². The minimum absolute atomic E-state index is 0.142. The SMILES string of the molecule is C[C@@H](CNC(=O)c1ccccc1)NC(=O)c1ccccc1. The fourth-order valence-electron chi connectivity index (χ4n) is 1.89. The molecule has 0 aliphatic rings. The summed E-state index contributed by atoms with van der Waals surface area (Å²) in [7, 11) is 0. The molecule has 0 spiro atoms. The zero-order valence-electron chi connectivity index (χ0n) is 11.9. The molecule has 0 unspecified atom stereocenters. The topological polar surface area (TPSA) is 58.2 Å². The first-order valence-corrected chi connectivity index (χ1v) is 6.86. The van der Waals surface area contributed by atoms with Crippen LogP contribution < -0.4 is 10.6 Å². The van der Waals surface area contributed by atoms with Crippen LogP contribution in [0, 0.1) is 0 Å². The van der Waals surface area contributed by atoms with Crippen molar-refractivity contribution in [1.82, 2.24) is 10.6 Å². The number of carbonyl (C=O) groups excluding carboxylic acids is 2. The minimum atomic E-state index is -0.148. The van der Waals surface area contributed by atoms with Gasteiger partial charge in [0.1, 0.15) is 0 Å². The van der Waals surface area contributed by atoms with Gasteiger partial charge in [-0.1, -0.05) is 36.4 Å². The van der Waals surface area contributed by atoms with Gasteiger partial charge in [0, 0.05) is 23.7 Å². The molecule has 4 heteroatoms. The molecule has 0 aliphatic carbocycles. The van der Waals surface area contributed by atoms with Gasteiger partial charge in [-0.25, -0.2) is 0 Å². The minimum Gasteiger partial charge on any atom is -0.350 e. The molecule has 2 rings (SSSR count). The van der Waals surface area contributed by atoms with Crippen molar-refractivity contribution in [1.29, 1.82) is 0 Å². The molecule has 0 heterocycles. The standard InChI is InChI=1S/C17H18N2O2/c1-13(19-17(21)15-10-6-3-7-11-15)12-18-16(20)14-8-4-2-5-9-14/h2-11,13H,12H2,1H3,(H,18,20)(H,19,21)/t13-/m0/s1. The molecule has 0 radical (unpaired) electrons. The predicted octanol–water partition coefficient (Wildman–Crippen LogP) is 2.23. The molecular weight excluding hydrogens is 264 g/mol. The molecule has 0 aromatic heterocycles. The second-order valence-electron chi connectivity index (χ2n) is 4.82. The molecule has 0 saturated carbocycles. The average molecular weight is 282 g/mol. The van der Waals surface area contributed by atoms with Crippen molar-refractivity contribution in [2.75, 3.05) is 6.54 Å². The van der Waals surface area contributed by atoms with E-state index in [1.807, 2.05) is 43.3 Å². The van der Waals surface area contributed by atoms with Crippen LogP contribution in [0.1, 0.15) is 27.6 Å². The van der Waals surface area contributed by atoms with E-state index in [1.165, 1.54) is 0 Å². The van der Waals surface area contributed by atoms with E-state index in [9.17, 15) is 9.59 Å². The van der Waals surface area contributed by atoms with Crippen molar-refractivity contribution < 1.29 is 9.59 Å². The maximum absolute atomic E-state index is 11.9. The van der Waals surface area contributed by atoms with Gasteiger partial charge in [-0.3, -0.25) is 9.59 Å². The predicted molar refractivity (Wildman–Crippen MR) is 82.1 cm³/mol. The van der Waals surface area contributed by atoms with Crippen LogP contribution in [0.15, 0.2) is 60.7 Å². The van der Waals surface area contributed by atoms with Gasteiger partial charge < -0.3 is 10.6 Å². The van der Waals surface area contributed by atoms with E-state index in [1.54, 1.807) is 24.3 Å². The van der Waals surface area contributed by atoms with Gasteiger partial charge >= 0.3 is 0 Å². The molecule has 2 aromatic rings. The first-order valence-electron chi connectivity index (χ1n) is 6.86. The molecule has 21 heavy (non-hydrogen) atoms. The number of carbonyl (C=O) groups is 2. The molecule has 4 nitrogen and oxygen atoms in total. The Balaban J connectivity index is 1.81. The van der Waals surface area contributed by atoms with Crippen LogP contribution in [0.2, 0.25) is 0 Å².